The number of nitrogens with zero attached hydrogens (tertiary/aromatic N) is 4. The Morgan fingerprint density at radius 2 is 1.86 bits per heavy atom. The number of piperazine rings is 1. The van der Waals surface area contributed by atoms with Crippen molar-refractivity contribution in [3.05, 3.63) is 28.7 Å². The Morgan fingerprint density at radius 1 is 1.14 bits per heavy atom. The van der Waals surface area contributed by atoms with Gasteiger partial charge in [-0.1, -0.05) is 19.1 Å². The maximum absolute atomic E-state index is 4.41. The molecule has 3 rings (SSSR count). The van der Waals surface area contributed by atoms with Crippen LogP contribution >= 0.6 is 39.9 Å². The molecule has 0 spiro atoms. The van der Waals surface area contributed by atoms with E-state index in [2.05, 4.69) is 77.4 Å². The predicted molar refractivity (Wildman–Crippen MR) is 133 cm³/mol. The van der Waals surface area contributed by atoms with E-state index in [0.717, 1.165) is 43.0 Å². The van der Waals surface area contributed by atoms with Gasteiger partial charge in [-0.15, -0.1) is 24.0 Å². The summed E-state index contributed by atoms with van der Waals surface area (Å²) in [6.07, 6.45) is 1.13. The molecule has 2 saturated heterocycles. The Hall–Kier alpha value is -0.580. The van der Waals surface area contributed by atoms with E-state index in [0.29, 0.717) is 6.04 Å². The van der Waals surface area contributed by atoms with Crippen LogP contribution in [0.3, 0.4) is 0 Å². The molecule has 0 aromatic heterocycles. The van der Waals surface area contributed by atoms with Crippen molar-refractivity contribution >= 4 is 51.6 Å². The first-order valence-corrected chi connectivity index (χ1v) is 10.9. The van der Waals surface area contributed by atoms with E-state index in [1.54, 1.807) is 0 Å². The van der Waals surface area contributed by atoms with Crippen LogP contribution < -0.4 is 15.5 Å². The highest BCUT2D eigenvalue weighted by atomic mass is 127. The summed E-state index contributed by atoms with van der Waals surface area (Å²) in [5, 5.41) is 7.08. The second-order valence-corrected chi connectivity index (χ2v) is 8.16. The number of aliphatic imine (C=N–C) groups is 1. The smallest absolute Gasteiger partial charge is 0.191 e. The summed E-state index contributed by atoms with van der Waals surface area (Å²) in [7, 11) is 1.86. The van der Waals surface area contributed by atoms with E-state index < -0.39 is 0 Å². The van der Waals surface area contributed by atoms with Gasteiger partial charge in [0.25, 0.3) is 0 Å². The van der Waals surface area contributed by atoms with Gasteiger partial charge in [-0.3, -0.25) is 9.89 Å². The van der Waals surface area contributed by atoms with Crippen molar-refractivity contribution in [2.45, 2.75) is 19.4 Å². The maximum Gasteiger partial charge on any atom is 0.191 e. The van der Waals surface area contributed by atoms with Crippen LogP contribution in [0.15, 0.2) is 33.7 Å². The molecule has 8 heteroatoms. The monoisotopic (exact) mass is 564 g/mol. The molecule has 1 aromatic rings. The molecule has 2 aliphatic rings. The number of anilines is 1. The van der Waals surface area contributed by atoms with Crippen LogP contribution in [-0.4, -0.2) is 87.8 Å². The van der Waals surface area contributed by atoms with Gasteiger partial charge < -0.3 is 20.4 Å². The summed E-state index contributed by atoms with van der Waals surface area (Å²) in [4.78, 5) is 11.9. The first-order chi connectivity index (χ1) is 13.2. The van der Waals surface area contributed by atoms with Crippen LogP contribution in [0, 0.1) is 0 Å². The van der Waals surface area contributed by atoms with Crippen LogP contribution in [0.1, 0.15) is 13.3 Å². The summed E-state index contributed by atoms with van der Waals surface area (Å²) >= 11 is 3.67. The number of halogens is 2. The molecule has 0 saturated carbocycles. The normalized spacial score (nSPS) is 21.5. The number of nitrogens with one attached hydrogen (secondary N) is 2. The minimum Gasteiger partial charge on any atom is -0.368 e. The highest BCUT2D eigenvalue weighted by Crippen LogP contribution is 2.28. The van der Waals surface area contributed by atoms with E-state index >= 15 is 0 Å². The third kappa shape index (κ3) is 6.74. The van der Waals surface area contributed by atoms with Gasteiger partial charge in [-0.2, -0.15) is 0 Å². The molecule has 0 radical (unpaired) electrons. The Kier molecular flexibility index (Phi) is 10.3. The molecule has 0 bridgehead atoms. The molecule has 1 aromatic carbocycles. The van der Waals surface area contributed by atoms with E-state index in [4.69, 9.17) is 0 Å². The van der Waals surface area contributed by atoms with Gasteiger partial charge in [0.15, 0.2) is 5.96 Å². The van der Waals surface area contributed by atoms with Gasteiger partial charge in [-0.05, 0) is 41.0 Å². The highest BCUT2D eigenvalue weighted by molar-refractivity contribution is 14.0. The lowest BCUT2D eigenvalue weighted by atomic mass is 10.2. The minimum absolute atomic E-state index is 0. The van der Waals surface area contributed by atoms with Gasteiger partial charge in [0, 0.05) is 69.9 Å². The Morgan fingerprint density at radius 3 is 2.54 bits per heavy atom. The Bertz CT molecular complexity index is 620. The molecule has 6 nitrogen and oxygen atoms in total. The fraction of sp³-hybridized carbons (Fsp3) is 0.650. The number of hydrogen-bond acceptors (Lipinski definition) is 4. The van der Waals surface area contributed by atoms with Gasteiger partial charge in [0.1, 0.15) is 0 Å². The first-order valence-electron chi connectivity index (χ1n) is 10.1. The molecule has 2 fully saturated rings. The van der Waals surface area contributed by atoms with Crippen molar-refractivity contribution in [3.8, 4) is 0 Å². The van der Waals surface area contributed by atoms with Crippen molar-refractivity contribution < 1.29 is 0 Å². The molecule has 28 heavy (non-hydrogen) atoms. The van der Waals surface area contributed by atoms with Crippen LogP contribution in [0.4, 0.5) is 5.69 Å². The summed E-state index contributed by atoms with van der Waals surface area (Å²) < 4.78 is 1.16. The molecule has 1 unspecified atom stereocenters. The summed E-state index contributed by atoms with van der Waals surface area (Å²) in [5.41, 5.74) is 1.27. The second kappa shape index (κ2) is 12.2. The quantitative estimate of drug-likeness (QED) is 0.316. The number of benzene rings is 1. The maximum atomic E-state index is 4.41. The van der Waals surface area contributed by atoms with E-state index in [9.17, 15) is 0 Å². The molecule has 2 heterocycles. The van der Waals surface area contributed by atoms with Crippen molar-refractivity contribution in [3.63, 3.8) is 0 Å². The summed E-state index contributed by atoms with van der Waals surface area (Å²) in [5.74, 6) is 0.918. The molecule has 0 aliphatic carbocycles. The molecular weight excluding hydrogens is 531 g/mol. The first kappa shape index (κ1) is 23.7. The zero-order valence-electron chi connectivity index (χ0n) is 17.0. The lowest BCUT2D eigenvalue weighted by molar-refractivity contribution is 0.139. The average Bonchev–Trinajstić information content (AvgIpc) is 3.16. The van der Waals surface area contributed by atoms with Crippen LogP contribution in [0.2, 0.25) is 0 Å². The number of rotatable bonds is 6. The van der Waals surface area contributed by atoms with Crippen molar-refractivity contribution in [1.82, 2.24) is 20.4 Å². The van der Waals surface area contributed by atoms with Gasteiger partial charge in [-0.25, -0.2) is 0 Å². The average molecular weight is 565 g/mol. The standard InChI is InChI=1S/C20H33BrN6.HI/c1-3-25-12-14-26(15-13-25)11-9-23-20(22-2)24-17-8-10-27(16-17)19-7-5-4-6-18(19)21;/h4-7,17H,3,8-16H2,1-2H3,(H2,22,23,24);1H. The van der Waals surface area contributed by atoms with E-state index in [1.165, 1.54) is 38.4 Å². The fourth-order valence-corrected chi connectivity index (χ4v) is 4.39. The molecule has 1 atom stereocenters. The molecule has 158 valence electrons. The van der Waals surface area contributed by atoms with Crippen LogP contribution in [0.25, 0.3) is 0 Å². The van der Waals surface area contributed by atoms with Gasteiger partial charge in [0.2, 0.25) is 0 Å². The topological polar surface area (TPSA) is 46.1 Å². The lowest BCUT2D eigenvalue weighted by Gasteiger charge is -2.34. The number of para-hydroxylation sites is 1. The Balaban J connectivity index is 0.00000280. The number of guanidine groups is 1. The van der Waals surface area contributed by atoms with Crippen molar-refractivity contribution in [1.29, 1.82) is 0 Å². The lowest BCUT2D eigenvalue weighted by Crippen LogP contribution is -2.50. The number of hydrogen-bond donors (Lipinski definition) is 2. The summed E-state index contributed by atoms with van der Waals surface area (Å²) in [6.45, 7) is 12.2. The predicted octanol–water partition coefficient (Wildman–Crippen LogP) is 2.45. The molecule has 2 aliphatic heterocycles. The molecule has 0 amide bonds. The molecular formula is C20H34BrIN6. The largest absolute Gasteiger partial charge is 0.368 e. The third-order valence-electron chi connectivity index (χ3n) is 5.58. The van der Waals surface area contributed by atoms with Crippen molar-refractivity contribution in [2.24, 2.45) is 4.99 Å². The minimum atomic E-state index is 0. The SMILES string of the molecule is CCN1CCN(CCNC(=NC)NC2CCN(c3ccccc3Br)C2)CC1.I. The van der Waals surface area contributed by atoms with E-state index in [-0.39, 0.29) is 24.0 Å². The van der Waals surface area contributed by atoms with Gasteiger partial charge in [0.05, 0.1) is 5.69 Å². The van der Waals surface area contributed by atoms with Gasteiger partial charge >= 0.3 is 0 Å². The highest BCUT2D eigenvalue weighted by Gasteiger charge is 2.24. The molecule has 2 N–H and O–H groups in total. The Labute approximate surface area is 195 Å². The number of likely N-dealkylation sites (N-methyl/N-ethyl adjacent to an activating group) is 1. The summed E-state index contributed by atoms with van der Waals surface area (Å²) in [6, 6.07) is 8.88. The van der Waals surface area contributed by atoms with Crippen molar-refractivity contribution in [2.75, 3.05) is 70.9 Å². The van der Waals surface area contributed by atoms with Crippen LogP contribution in [-0.2, 0) is 0 Å². The fourth-order valence-electron chi connectivity index (χ4n) is 3.85. The third-order valence-corrected chi connectivity index (χ3v) is 6.25. The zero-order valence-corrected chi connectivity index (χ0v) is 20.9. The zero-order chi connectivity index (χ0) is 19.1. The van der Waals surface area contributed by atoms with E-state index in [1.807, 2.05) is 7.05 Å². The van der Waals surface area contributed by atoms with Crippen LogP contribution in [0.5, 0.6) is 0 Å². The second-order valence-electron chi connectivity index (χ2n) is 7.30.